The Morgan fingerprint density at radius 2 is 2.21 bits per heavy atom. The van der Waals surface area contributed by atoms with Crippen LogP contribution in [-0.2, 0) is 0 Å². The first kappa shape index (κ1) is 14.1. The molecule has 5 heteroatoms. The third kappa shape index (κ3) is 3.35. The molecule has 2 heterocycles. The average molecular weight is 265 g/mol. The molecule has 5 nitrogen and oxygen atoms in total. The van der Waals surface area contributed by atoms with Gasteiger partial charge in [0.2, 0.25) is 5.76 Å². The molecule has 1 fully saturated rings. The number of nitrogens with one attached hydrogen (secondary N) is 1. The van der Waals surface area contributed by atoms with Crippen LogP contribution in [0.15, 0.2) is 10.8 Å². The first-order valence-corrected chi connectivity index (χ1v) is 7.01. The Morgan fingerprint density at radius 3 is 2.74 bits per heavy atom. The van der Waals surface area contributed by atoms with Gasteiger partial charge in [-0.05, 0) is 52.6 Å². The summed E-state index contributed by atoms with van der Waals surface area (Å²) in [4.78, 5) is 18.4. The highest BCUT2D eigenvalue weighted by atomic mass is 16.3. The fraction of sp³-hybridized carbons (Fsp3) is 0.714. The molecule has 0 radical (unpaired) electrons. The normalized spacial score (nSPS) is 16.8. The first-order chi connectivity index (χ1) is 9.09. The van der Waals surface area contributed by atoms with Crippen molar-refractivity contribution in [3.63, 3.8) is 0 Å². The van der Waals surface area contributed by atoms with Crippen molar-refractivity contribution in [2.75, 3.05) is 19.6 Å². The second-order valence-electron chi connectivity index (χ2n) is 5.51. The van der Waals surface area contributed by atoms with E-state index in [1.165, 1.54) is 6.39 Å². The number of carbonyl (C=O) groups is 1. The predicted molar refractivity (Wildman–Crippen MR) is 73.0 cm³/mol. The topological polar surface area (TPSA) is 58.4 Å². The molecule has 0 unspecified atom stereocenters. The van der Waals surface area contributed by atoms with Crippen LogP contribution in [0.5, 0.6) is 0 Å². The van der Waals surface area contributed by atoms with E-state index < -0.39 is 0 Å². The summed E-state index contributed by atoms with van der Waals surface area (Å²) in [5.41, 5.74) is 0.668. The van der Waals surface area contributed by atoms with Gasteiger partial charge in [0.25, 0.3) is 5.91 Å². The van der Waals surface area contributed by atoms with E-state index in [2.05, 4.69) is 10.3 Å². The van der Waals surface area contributed by atoms with Gasteiger partial charge >= 0.3 is 0 Å². The van der Waals surface area contributed by atoms with E-state index in [4.69, 9.17) is 4.42 Å². The summed E-state index contributed by atoms with van der Waals surface area (Å²) in [6.45, 7) is 8.80. The molecule has 0 saturated carbocycles. The molecule has 1 amide bonds. The van der Waals surface area contributed by atoms with E-state index >= 15 is 0 Å². The van der Waals surface area contributed by atoms with Gasteiger partial charge in [0.05, 0.1) is 5.69 Å². The Morgan fingerprint density at radius 1 is 1.53 bits per heavy atom. The number of piperidine rings is 1. The smallest absolute Gasteiger partial charge is 0.291 e. The Balaban J connectivity index is 2.07. The summed E-state index contributed by atoms with van der Waals surface area (Å²) in [5, 5.41) is 3.35. The number of amides is 1. The van der Waals surface area contributed by atoms with E-state index in [1.807, 2.05) is 18.7 Å². The summed E-state index contributed by atoms with van der Waals surface area (Å²) >= 11 is 0. The van der Waals surface area contributed by atoms with Crippen LogP contribution >= 0.6 is 0 Å². The zero-order chi connectivity index (χ0) is 13.8. The SMILES string of the molecule is Cc1ncoc1C(=O)N(CC1CCNCC1)C(C)C. The third-order valence-corrected chi connectivity index (χ3v) is 3.74. The van der Waals surface area contributed by atoms with Crippen LogP contribution in [0.25, 0.3) is 0 Å². The maximum absolute atomic E-state index is 12.5. The largest absolute Gasteiger partial charge is 0.438 e. The number of hydrogen-bond acceptors (Lipinski definition) is 4. The lowest BCUT2D eigenvalue weighted by Crippen LogP contribution is -2.43. The number of aryl methyl sites for hydroxylation is 1. The minimum atomic E-state index is -0.0384. The Kier molecular flexibility index (Phi) is 4.58. The van der Waals surface area contributed by atoms with Crippen LogP contribution in [0.1, 0.15) is 42.9 Å². The lowest BCUT2D eigenvalue weighted by molar-refractivity contribution is 0.0624. The molecule has 19 heavy (non-hydrogen) atoms. The molecule has 2 rings (SSSR count). The molecule has 106 valence electrons. The minimum absolute atomic E-state index is 0.0384. The number of oxazole rings is 1. The molecule has 0 spiro atoms. The van der Waals surface area contributed by atoms with Gasteiger partial charge in [-0.15, -0.1) is 0 Å². The minimum Gasteiger partial charge on any atom is -0.438 e. The quantitative estimate of drug-likeness (QED) is 0.902. The van der Waals surface area contributed by atoms with Gasteiger partial charge in [0.1, 0.15) is 0 Å². The highest BCUT2D eigenvalue weighted by Crippen LogP contribution is 2.18. The molecule has 1 aromatic heterocycles. The Hall–Kier alpha value is -1.36. The lowest BCUT2D eigenvalue weighted by atomic mass is 9.97. The highest BCUT2D eigenvalue weighted by molar-refractivity contribution is 5.92. The fourth-order valence-electron chi connectivity index (χ4n) is 2.51. The molecule has 1 N–H and O–H groups in total. The van der Waals surface area contributed by atoms with E-state index in [0.29, 0.717) is 17.4 Å². The highest BCUT2D eigenvalue weighted by Gasteiger charge is 2.26. The van der Waals surface area contributed by atoms with Gasteiger partial charge in [-0.3, -0.25) is 4.79 Å². The summed E-state index contributed by atoms with van der Waals surface area (Å²) in [6, 6.07) is 0.173. The van der Waals surface area contributed by atoms with Gasteiger partial charge in [-0.25, -0.2) is 4.98 Å². The lowest BCUT2D eigenvalue weighted by Gasteiger charge is -2.32. The number of hydrogen-bond donors (Lipinski definition) is 1. The summed E-state index contributed by atoms with van der Waals surface area (Å²) in [5.74, 6) is 0.919. The maximum atomic E-state index is 12.5. The van der Waals surface area contributed by atoms with E-state index in [9.17, 15) is 4.79 Å². The Labute approximate surface area is 114 Å². The summed E-state index contributed by atoms with van der Waals surface area (Å²) in [7, 11) is 0. The van der Waals surface area contributed by atoms with Crippen LogP contribution in [0.3, 0.4) is 0 Å². The van der Waals surface area contributed by atoms with Crippen LogP contribution in [0.2, 0.25) is 0 Å². The van der Waals surface area contributed by atoms with Crippen LogP contribution in [0, 0.1) is 12.8 Å². The third-order valence-electron chi connectivity index (χ3n) is 3.74. The summed E-state index contributed by atoms with van der Waals surface area (Å²) < 4.78 is 5.23. The van der Waals surface area contributed by atoms with Gasteiger partial charge in [-0.2, -0.15) is 0 Å². The van der Waals surface area contributed by atoms with Crippen molar-refractivity contribution in [1.82, 2.24) is 15.2 Å². The Bertz CT molecular complexity index is 422. The van der Waals surface area contributed by atoms with Gasteiger partial charge in [0.15, 0.2) is 6.39 Å². The van der Waals surface area contributed by atoms with Crippen molar-refractivity contribution in [1.29, 1.82) is 0 Å². The first-order valence-electron chi connectivity index (χ1n) is 7.01. The molecular weight excluding hydrogens is 242 g/mol. The van der Waals surface area contributed by atoms with Crippen LogP contribution in [-0.4, -0.2) is 41.5 Å². The zero-order valence-corrected chi connectivity index (χ0v) is 12.0. The van der Waals surface area contributed by atoms with Crippen molar-refractivity contribution in [3.05, 3.63) is 17.8 Å². The molecule has 0 bridgehead atoms. The van der Waals surface area contributed by atoms with E-state index in [1.54, 1.807) is 6.92 Å². The van der Waals surface area contributed by atoms with Crippen molar-refractivity contribution in [3.8, 4) is 0 Å². The zero-order valence-electron chi connectivity index (χ0n) is 12.0. The molecule has 0 aliphatic carbocycles. The number of carbonyl (C=O) groups excluding carboxylic acids is 1. The molecule has 1 aromatic rings. The van der Waals surface area contributed by atoms with Crippen molar-refractivity contribution >= 4 is 5.91 Å². The van der Waals surface area contributed by atoms with Crippen molar-refractivity contribution in [2.24, 2.45) is 5.92 Å². The molecule has 1 aliphatic heterocycles. The monoisotopic (exact) mass is 265 g/mol. The standard InChI is InChI=1S/C14H23N3O2/c1-10(2)17(8-12-4-6-15-7-5-12)14(18)13-11(3)16-9-19-13/h9-10,12,15H,4-8H2,1-3H3. The number of rotatable bonds is 4. The number of aromatic nitrogens is 1. The average Bonchev–Trinajstić information content (AvgIpc) is 2.82. The molecular formula is C14H23N3O2. The van der Waals surface area contributed by atoms with Gasteiger partial charge in [0, 0.05) is 12.6 Å². The van der Waals surface area contributed by atoms with Crippen molar-refractivity contribution in [2.45, 2.75) is 39.7 Å². The second-order valence-corrected chi connectivity index (χ2v) is 5.51. The predicted octanol–water partition coefficient (Wildman–Crippen LogP) is 1.83. The summed E-state index contributed by atoms with van der Waals surface area (Å²) in [6.07, 6.45) is 3.60. The molecule has 1 aliphatic rings. The van der Waals surface area contributed by atoms with Crippen LogP contribution < -0.4 is 5.32 Å². The molecule has 0 atom stereocenters. The molecule has 1 saturated heterocycles. The number of nitrogens with zero attached hydrogens (tertiary/aromatic N) is 2. The van der Waals surface area contributed by atoms with Crippen LogP contribution in [0.4, 0.5) is 0 Å². The van der Waals surface area contributed by atoms with Gasteiger partial charge < -0.3 is 14.6 Å². The second kappa shape index (κ2) is 6.19. The van der Waals surface area contributed by atoms with Gasteiger partial charge in [-0.1, -0.05) is 0 Å². The maximum Gasteiger partial charge on any atom is 0.291 e. The fourth-order valence-corrected chi connectivity index (χ4v) is 2.51. The van der Waals surface area contributed by atoms with Crippen molar-refractivity contribution < 1.29 is 9.21 Å². The molecule has 0 aromatic carbocycles. The van der Waals surface area contributed by atoms with E-state index in [-0.39, 0.29) is 11.9 Å². The van der Waals surface area contributed by atoms with E-state index in [0.717, 1.165) is 32.5 Å².